The number of nitrogens with one attached hydrogen (secondary N) is 1. The Morgan fingerprint density at radius 3 is 2.72 bits per heavy atom. The minimum atomic E-state index is -0.964. The number of anilines is 1. The Morgan fingerprint density at radius 2 is 2.06 bits per heavy atom. The lowest BCUT2D eigenvalue weighted by molar-refractivity contribution is 0.0696. The third kappa shape index (κ3) is 3.98. The number of hydrogen-bond donors (Lipinski definition) is 3. The van der Waals surface area contributed by atoms with Crippen molar-refractivity contribution >= 4 is 22.8 Å². The molecule has 3 aromatic heterocycles. The van der Waals surface area contributed by atoms with Crippen LogP contribution in [-0.2, 0) is 0 Å². The third-order valence-corrected chi connectivity index (χ3v) is 6.15. The first-order chi connectivity index (χ1) is 15.5. The zero-order valence-corrected chi connectivity index (χ0v) is 17.7. The Bertz CT molecular complexity index is 1130. The maximum absolute atomic E-state index is 11.4. The van der Waals surface area contributed by atoms with E-state index in [0.29, 0.717) is 17.8 Å². The molecule has 2 aliphatic rings. The van der Waals surface area contributed by atoms with Crippen molar-refractivity contribution in [1.82, 2.24) is 24.8 Å². The van der Waals surface area contributed by atoms with Crippen LogP contribution < -0.4 is 10.2 Å². The molecule has 4 heterocycles. The molecule has 1 saturated heterocycles. The number of aromatic nitrogens is 4. The van der Waals surface area contributed by atoms with Crippen molar-refractivity contribution in [2.75, 3.05) is 24.5 Å². The van der Waals surface area contributed by atoms with Gasteiger partial charge < -0.3 is 20.5 Å². The van der Waals surface area contributed by atoms with E-state index in [1.54, 1.807) is 12.4 Å². The molecule has 11 heteroatoms. The molecular formula is C21H25N7O4. The summed E-state index contributed by atoms with van der Waals surface area (Å²) in [5.41, 5.74) is 2.25. The Labute approximate surface area is 184 Å². The van der Waals surface area contributed by atoms with Gasteiger partial charge in [-0.15, -0.1) is 4.91 Å². The van der Waals surface area contributed by atoms with Gasteiger partial charge in [-0.05, 0) is 43.4 Å². The van der Waals surface area contributed by atoms with Crippen LogP contribution in [0.3, 0.4) is 0 Å². The van der Waals surface area contributed by atoms with Gasteiger partial charge in [-0.1, -0.05) is 6.42 Å². The van der Waals surface area contributed by atoms with E-state index < -0.39 is 5.97 Å². The number of fused-ring (bicyclic) bond motifs is 1. The number of pyridine rings is 1. The summed E-state index contributed by atoms with van der Waals surface area (Å²) in [6, 6.07) is 3.45. The molecule has 5 rings (SSSR count). The highest BCUT2D eigenvalue weighted by atomic mass is 16.6. The molecule has 2 fully saturated rings. The molecule has 3 aromatic rings. The standard InChI is InChI=1S/C21H24N6O2.HNO2/c1-13-10-22-7-8-26(13)19-18-16(14-3-2-4-14)11-27(20(18)25-12-24-19)17-9-15(21(28)29)5-6-23-17;2-1-3/h5-6,9,11-14,22H,2-4,7-8,10H2,1H3,(H,28,29);(H,2,3). The van der Waals surface area contributed by atoms with Crippen LogP contribution in [0.4, 0.5) is 5.82 Å². The van der Waals surface area contributed by atoms with Crippen LogP contribution >= 0.6 is 0 Å². The highest BCUT2D eigenvalue weighted by molar-refractivity contribution is 5.93. The van der Waals surface area contributed by atoms with E-state index in [1.807, 2.05) is 4.57 Å². The summed E-state index contributed by atoms with van der Waals surface area (Å²) in [5.74, 6) is 1.07. The first kappa shape index (κ1) is 21.6. The van der Waals surface area contributed by atoms with E-state index in [0.717, 1.165) is 49.3 Å². The van der Waals surface area contributed by atoms with Crippen LogP contribution in [-0.4, -0.2) is 61.5 Å². The van der Waals surface area contributed by atoms with E-state index in [1.165, 1.54) is 29.6 Å². The first-order valence-corrected chi connectivity index (χ1v) is 10.5. The van der Waals surface area contributed by atoms with Gasteiger partial charge >= 0.3 is 5.97 Å². The van der Waals surface area contributed by atoms with Crippen molar-refractivity contribution in [1.29, 1.82) is 0 Å². The zero-order valence-electron chi connectivity index (χ0n) is 17.7. The lowest BCUT2D eigenvalue weighted by atomic mass is 9.80. The molecule has 1 saturated carbocycles. The van der Waals surface area contributed by atoms with Crippen molar-refractivity contribution in [3.8, 4) is 5.82 Å². The van der Waals surface area contributed by atoms with E-state index in [-0.39, 0.29) is 5.56 Å². The molecule has 1 aliphatic heterocycles. The van der Waals surface area contributed by atoms with E-state index in [9.17, 15) is 9.90 Å². The number of nitrogens with zero attached hydrogens (tertiary/aromatic N) is 6. The number of piperazine rings is 1. The largest absolute Gasteiger partial charge is 0.478 e. The predicted molar refractivity (Wildman–Crippen MR) is 117 cm³/mol. The van der Waals surface area contributed by atoms with Crippen molar-refractivity contribution in [3.05, 3.63) is 46.9 Å². The van der Waals surface area contributed by atoms with E-state index in [4.69, 9.17) is 15.1 Å². The van der Waals surface area contributed by atoms with Gasteiger partial charge in [0.2, 0.25) is 0 Å². The second kappa shape index (κ2) is 9.27. The van der Waals surface area contributed by atoms with Crippen LogP contribution in [0.5, 0.6) is 0 Å². The van der Waals surface area contributed by atoms with Crippen LogP contribution in [0.15, 0.2) is 36.2 Å². The summed E-state index contributed by atoms with van der Waals surface area (Å²) in [5, 5.41) is 21.8. The summed E-state index contributed by atoms with van der Waals surface area (Å²) in [6.07, 6.45) is 8.79. The highest BCUT2D eigenvalue weighted by Crippen LogP contribution is 2.43. The predicted octanol–water partition coefficient (Wildman–Crippen LogP) is 2.72. The molecule has 1 atom stereocenters. The number of carboxylic acids is 1. The van der Waals surface area contributed by atoms with Gasteiger partial charge in [-0.2, -0.15) is 0 Å². The molecule has 3 N–H and O–H groups in total. The van der Waals surface area contributed by atoms with Gasteiger partial charge in [0.15, 0.2) is 11.0 Å². The molecular weight excluding hydrogens is 414 g/mol. The molecule has 32 heavy (non-hydrogen) atoms. The maximum Gasteiger partial charge on any atom is 0.335 e. The van der Waals surface area contributed by atoms with Crippen LogP contribution in [0.2, 0.25) is 0 Å². The van der Waals surface area contributed by atoms with Crippen LogP contribution in [0.1, 0.15) is 48.0 Å². The molecule has 0 bridgehead atoms. The Balaban J connectivity index is 0.000000775. The van der Waals surface area contributed by atoms with Gasteiger partial charge in [0.1, 0.15) is 18.0 Å². The number of carboxylic acid groups (broad SMARTS) is 1. The van der Waals surface area contributed by atoms with Crippen molar-refractivity contribution in [2.24, 2.45) is 5.34 Å². The lowest BCUT2D eigenvalue weighted by Gasteiger charge is -2.35. The Kier molecular flexibility index (Phi) is 6.26. The second-order valence-electron chi connectivity index (χ2n) is 8.01. The third-order valence-electron chi connectivity index (χ3n) is 6.15. The van der Waals surface area contributed by atoms with Crippen LogP contribution in [0.25, 0.3) is 16.9 Å². The van der Waals surface area contributed by atoms with Crippen molar-refractivity contribution < 1.29 is 15.1 Å². The first-order valence-electron chi connectivity index (χ1n) is 10.5. The molecule has 1 aliphatic carbocycles. The molecule has 0 spiro atoms. The normalized spacial score (nSPS) is 18.5. The average Bonchev–Trinajstić information content (AvgIpc) is 3.13. The fraction of sp³-hybridized carbons (Fsp3) is 0.429. The van der Waals surface area contributed by atoms with E-state index in [2.05, 4.69) is 33.3 Å². The molecule has 1 unspecified atom stereocenters. The monoisotopic (exact) mass is 439 g/mol. The van der Waals surface area contributed by atoms with Gasteiger partial charge in [-0.25, -0.2) is 19.7 Å². The second-order valence-corrected chi connectivity index (χ2v) is 8.01. The smallest absolute Gasteiger partial charge is 0.335 e. The molecule has 168 valence electrons. The van der Waals surface area contributed by atoms with Gasteiger partial charge in [0.25, 0.3) is 0 Å². The van der Waals surface area contributed by atoms with Crippen molar-refractivity contribution in [2.45, 2.75) is 38.1 Å². The average molecular weight is 439 g/mol. The number of aromatic carboxylic acids is 1. The van der Waals surface area contributed by atoms with Gasteiger partial charge in [0, 0.05) is 38.1 Å². The summed E-state index contributed by atoms with van der Waals surface area (Å²) < 4.78 is 1.92. The topological polar surface area (TPSA) is 146 Å². The zero-order chi connectivity index (χ0) is 22.7. The summed E-state index contributed by atoms with van der Waals surface area (Å²) in [4.78, 5) is 35.6. The van der Waals surface area contributed by atoms with Gasteiger partial charge in [0.05, 0.1) is 10.9 Å². The number of hydrogen-bond acceptors (Lipinski definition) is 8. The van der Waals surface area contributed by atoms with Crippen molar-refractivity contribution in [3.63, 3.8) is 0 Å². The lowest BCUT2D eigenvalue weighted by Crippen LogP contribution is -2.50. The van der Waals surface area contributed by atoms with Crippen LogP contribution in [0, 0.1) is 4.91 Å². The van der Waals surface area contributed by atoms with Gasteiger partial charge in [-0.3, -0.25) is 4.57 Å². The molecule has 11 nitrogen and oxygen atoms in total. The maximum atomic E-state index is 11.4. The fourth-order valence-electron chi connectivity index (χ4n) is 4.33. The summed E-state index contributed by atoms with van der Waals surface area (Å²) in [7, 11) is 0. The minimum absolute atomic E-state index is 0.215. The fourth-order valence-corrected chi connectivity index (χ4v) is 4.33. The molecule has 0 aromatic carbocycles. The minimum Gasteiger partial charge on any atom is -0.478 e. The Morgan fingerprint density at radius 1 is 1.28 bits per heavy atom. The number of carbonyl (C=O) groups is 1. The highest BCUT2D eigenvalue weighted by Gasteiger charge is 2.30. The quantitative estimate of drug-likeness (QED) is 0.412. The molecule has 0 amide bonds. The number of rotatable bonds is 4. The Hall–Kier alpha value is -3.60. The SMILES string of the molecule is CC1CNCCN1c1ncnc2c1c(C1CCC1)cn2-c1cc(C(=O)O)ccn1.O=NO. The molecule has 0 radical (unpaired) electrons. The summed E-state index contributed by atoms with van der Waals surface area (Å²) in [6.45, 7) is 4.96. The van der Waals surface area contributed by atoms with E-state index >= 15 is 0 Å². The summed E-state index contributed by atoms with van der Waals surface area (Å²) >= 11 is 0.